The number of carbonyl (C=O) groups excluding carboxylic acids is 1. The van der Waals surface area contributed by atoms with E-state index < -0.39 is 5.97 Å². The van der Waals surface area contributed by atoms with E-state index in [1.807, 2.05) is 30.3 Å². The van der Waals surface area contributed by atoms with Gasteiger partial charge in [-0.05, 0) is 19.4 Å². The van der Waals surface area contributed by atoms with Crippen LogP contribution in [0.5, 0.6) is 0 Å². The van der Waals surface area contributed by atoms with Gasteiger partial charge in [-0.15, -0.1) is 0 Å². The van der Waals surface area contributed by atoms with Crippen molar-refractivity contribution in [3.63, 3.8) is 0 Å². The van der Waals surface area contributed by atoms with Gasteiger partial charge in [-0.2, -0.15) is 0 Å². The van der Waals surface area contributed by atoms with E-state index in [-0.39, 0.29) is 5.71 Å². The molecule has 0 fully saturated rings. The topological polar surface area (TPSA) is 47.9 Å². The van der Waals surface area contributed by atoms with Gasteiger partial charge in [0.05, 0.1) is 6.61 Å². The van der Waals surface area contributed by atoms with Gasteiger partial charge in [0.2, 0.25) is 0 Å². The SMILES string of the molecule is CCOC(=O)/C(C)=N/OCc1ccccc1. The van der Waals surface area contributed by atoms with E-state index in [4.69, 9.17) is 9.57 Å². The van der Waals surface area contributed by atoms with Crippen LogP contribution in [0.2, 0.25) is 0 Å². The predicted molar refractivity (Wildman–Crippen MR) is 61.0 cm³/mol. The summed E-state index contributed by atoms with van der Waals surface area (Å²) in [5.74, 6) is -0.449. The third-order valence-electron chi connectivity index (χ3n) is 1.85. The zero-order chi connectivity index (χ0) is 11.8. The second-order valence-electron chi connectivity index (χ2n) is 3.16. The Kier molecular flexibility index (Phi) is 5.05. The second-order valence-corrected chi connectivity index (χ2v) is 3.16. The summed E-state index contributed by atoms with van der Waals surface area (Å²) in [5, 5.41) is 3.68. The third-order valence-corrected chi connectivity index (χ3v) is 1.85. The molecule has 0 N–H and O–H groups in total. The minimum atomic E-state index is -0.449. The molecule has 0 unspecified atom stereocenters. The highest BCUT2D eigenvalue weighted by atomic mass is 16.6. The van der Waals surface area contributed by atoms with Gasteiger partial charge in [0.15, 0.2) is 5.71 Å². The van der Waals surface area contributed by atoms with Crippen molar-refractivity contribution in [2.45, 2.75) is 20.5 Å². The minimum Gasteiger partial charge on any atom is -0.461 e. The largest absolute Gasteiger partial charge is 0.461 e. The quantitative estimate of drug-likeness (QED) is 0.435. The summed E-state index contributed by atoms with van der Waals surface area (Å²) >= 11 is 0. The number of benzene rings is 1. The number of esters is 1. The highest BCUT2D eigenvalue weighted by Crippen LogP contribution is 2.00. The second kappa shape index (κ2) is 6.61. The number of hydrogen-bond donors (Lipinski definition) is 0. The maximum absolute atomic E-state index is 11.2. The first-order valence-electron chi connectivity index (χ1n) is 5.11. The molecule has 4 heteroatoms. The van der Waals surface area contributed by atoms with Crippen LogP contribution in [0.3, 0.4) is 0 Å². The molecule has 0 heterocycles. The molecule has 1 aromatic rings. The van der Waals surface area contributed by atoms with Gasteiger partial charge >= 0.3 is 5.97 Å². The van der Waals surface area contributed by atoms with Gasteiger partial charge in [0, 0.05) is 0 Å². The molecule has 0 aliphatic carbocycles. The van der Waals surface area contributed by atoms with Gasteiger partial charge < -0.3 is 9.57 Å². The van der Waals surface area contributed by atoms with Crippen molar-refractivity contribution in [1.82, 2.24) is 0 Å². The molecule has 0 spiro atoms. The summed E-state index contributed by atoms with van der Waals surface area (Å²) in [6, 6.07) is 9.61. The summed E-state index contributed by atoms with van der Waals surface area (Å²) in [4.78, 5) is 16.2. The summed E-state index contributed by atoms with van der Waals surface area (Å²) < 4.78 is 4.76. The van der Waals surface area contributed by atoms with Crippen LogP contribution in [0.15, 0.2) is 35.5 Å². The molecule has 16 heavy (non-hydrogen) atoms. The molecule has 0 saturated heterocycles. The van der Waals surface area contributed by atoms with Crippen molar-refractivity contribution in [2.75, 3.05) is 6.61 Å². The van der Waals surface area contributed by atoms with Crippen LogP contribution >= 0.6 is 0 Å². The molecule has 0 bridgehead atoms. The fraction of sp³-hybridized carbons (Fsp3) is 0.333. The molecule has 0 amide bonds. The summed E-state index contributed by atoms with van der Waals surface area (Å²) in [6.45, 7) is 3.99. The molecule has 0 radical (unpaired) electrons. The molecule has 0 aliphatic rings. The lowest BCUT2D eigenvalue weighted by Gasteiger charge is -2.02. The molecular formula is C12H15NO3. The van der Waals surface area contributed by atoms with Gasteiger partial charge in [-0.3, -0.25) is 0 Å². The average molecular weight is 221 g/mol. The van der Waals surface area contributed by atoms with Crippen LogP contribution in [0, 0.1) is 0 Å². The van der Waals surface area contributed by atoms with E-state index in [0.717, 1.165) is 5.56 Å². The Morgan fingerprint density at radius 1 is 1.31 bits per heavy atom. The van der Waals surface area contributed by atoms with Crippen molar-refractivity contribution in [1.29, 1.82) is 0 Å². The van der Waals surface area contributed by atoms with Gasteiger partial charge in [-0.1, -0.05) is 35.5 Å². The predicted octanol–water partition coefficient (Wildman–Crippen LogP) is 2.14. The Morgan fingerprint density at radius 2 is 2.00 bits per heavy atom. The highest BCUT2D eigenvalue weighted by Gasteiger charge is 2.06. The van der Waals surface area contributed by atoms with Crippen molar-refractivity contribution in [3.05, 3.63) is 35.9 Å². The van der Waals surface area contributed by atoms with E-state index in [2.05, 4.69) is 5.16 Å². The highest BCUT2D eigenvalue weighted by molar-refractivity contribution is 6.35. The molecule has 0 aromatic heterocycles. The third kappa shape index (κ3) is 4.13. The number of hydrogen-bond acceptors (Lipinski definition) is 4. The molecule has 4 nitrogen and oxygen atoms in total. The van der Waals surface area contributed by atoms with Gasteiger partial charge in [0.25, 0.3) is 0 Å². The standard InChI is InChI=1S/C12H15NO3/c1-3-15-12(14)10(2)13-16-9-11-7-5-4-6-8-11/h4-8H,3,9H2,1-2H3/b13-10+. The monoisotopic (exact) mass is 221 g/mol. The van der Waals surface area contributed by atoms with Crippen LogP contribution in [0.25, 0.3) is 0 Å². The smallest absolute Gasteiger partial charge is 0.355 e. The molecule has 86 valence electrons. The van der Waals surface area contributed by atoms with E-state index in [1.54, 1.807) is 13.8 Å². The number of carbonyl (C=O) groups is 1. The Balaban J connectivity index is 2.39. The maximum Gasteiger partial charge on any atom is 0.355 e. The number of oxime groups is 1. The van der Waals surface area contributed by atoms with Crippen molar-refractivity contribution in [2.24, 2.45) is 5.16 Å². The van der Waals surface area contributed by atoms with E-state index >= 15 is 0 Å². The first-order valence-corrected chi connectivity index (χ1v) is 5.11. The van der Waals surface area contributed by atoms with E-state index in [9.17, 15) is 4.79 Å². The molecule has 0 aliphatic heterocycles. The summed E-state index contributed by atoms with van der Waals surface area (Å²) in [7, 11) is 0. The Morgan fingerprint density at radius 3 is 2.62 bits per heavy atom. The van der Waals surface area contributed by atoms with Crippen LogP contribution in [0.4, 0.5) is 0 Å². The first kappa shape index (κ1) is 12.2. The van der Waals surface area contributed by atoms with Gasteiger partial charge in [-0.25, -0.2) is 4.79 Å². The zero-order valence-corrected chi connectivity index (χ0v) is 9.47. The normalized spacial score (nSPS) is 11.0. The molecule has 1 aromatic carbocycles. The molecule has 0 saturated carbocycles. The number of rotatable bonds is 5. The first-order chi connectivity index (χ1) is 7.74. The Hall–Kier alpha value is -1.84. The fourth-order valence-electron chi connectivity index (χ4n) is 1.05. The molecular weight excluding hydrogens is 206 g/mol. The lowest BCUT2D eigenvalue weighted by molar-refractivity contribution is -0.135. The summed E-state index contributed by atoms with van der Waals surface area (Å²) in [6.07, 6.45) is 0. The van der Waals surface area contributed by atoms with Crippen molar-refractivity contribution in [3.8, 4) is 0 Å². The van der Waals surface area contributed by atoms with Crippen LogP contribution in [0.1, 0.15) is 19.4 Å². The van der Waals surface area contributed by atoms with Crippen LogP contribution in [-0.4, -0.2) is 18.3 Å². The van der Waals surface area contributed by atoms with Crippen molar-refractivity contribution < 1.29 is 14.4 Å². The average Bonchev–Trinajstić information content (AvgIpc) is 2.30. The van der Waals surface area contributed by atoms with Crippen molar-refractivity contribution >= 4 is 11.7 Å². The zero-order valence-electron chi connectivity index (χ0n) is 9.47. The lowest BCUT2D eigenvalue weighted by Crippen LogP contribution is -2.14. The van der Waals surface area contributed by atoms with Crippen LogP contribution < -0.4 is 0 Å². The Labute approximate surface area is 94.9 Å². The van der Waals surface area contributed by atoms with Gasteiger partial charge in [0.1, 0.15) is 6.61 Å². The lowest BCUT2D eigenvalue weighted by atomic mass is 10.2. The summed E-state index contributed by atoms with van der Waals surface area (Å²) in [5.41, 5.74) is 1.22. The maximum atomic E-state index is 11.2. The van der Waals surface area contributed by atoms with E-state index in [1.165, 1.54) is 0 Å². The van der Waals surface area contributed by atoms with E-state index in [0.29, 0.717) is 13.2 Å². The number of nitrogens with zero attached hydrogens (tertiary/aromatic N) is 1. The molecule has 1 rings (SSSR count). The molecule has 0 atom stereocenters. The number of ether oxygens (including phenoxy) is 1. The fourth-order valence-corrected chi connectivity index (χ4v) is 1.05. The van der Waals surface area contributed by atoms with Crippen LogP contribution in [-0.2, 0) is 21.0 Å². The Bertz CT molecular complexity index is 360. The minimum absolute atomic E-state index is 0.220.